The Hall–Kier alpha value is -1.80. The third-order valence-electron chi connectivity index (χ3n) is 3.33. The molecule has 2 heteroatoms. The van der Waals surface area contributed by atoms with Gasteiger partial charge in [0.15, 0.2) is 0 Å². The highest BCUT2D eigenvalue weighted by Crippen LogP contribution is 2.25. The van der Waals surface area contributed by atoms with Crippen LogP contribution < -0.4 is 4.74 Å². The molecule has 0 aliphatic carbocycles. The first-order chi connectivity index (χ1) is 9.10. The Bertz CT molecular complexity index is 561. The zero-order chi connectivity index (χ0) is 13.8. The first-order valence-electron chi connectivity index (χ1n) is 6.48. The molecule has 0 radical (unpaired) electrons. The van der Waals surface area contributed by atoms with Crippen molar-refractivity contribution in [1.82, 2.24) is 0 Å². The van der Waals surface area contributed by atoms with Crippen LogP contribution in [0.15, 0.2) is 42.5 Å². The Morgan fingerprint density at radius 1 is 1.11 bits per heavy atom. The molecule has 1 unspecified atom stereocenters. The average Bonchev–Trinajstić information content (AvgIpc) is 2.39. The van der Waals surface area contributed by atoms with Crippen LogP contribution in [0.4, 0.5) is 0 Å². The summed E-state index contributed by atoms with van der Waals surface area (Å²) in [6, 6.07) is 14.1. The number of aliphatic hydroxyl groups excluding tert-OH is 1. The van der Waals surface area contributed by atoms with Gasteiger partial charge in [0.25, 0.3) is 0 Å². The van der Waals surface area contributed by atoms with Crippen LogP contribution in [0.25, 0.3) is 0 Å². The van der Waals surface area contributed by atoms with Gasteiger partial charge in [0.05, 0.1) is 13.2 Å². The Morgan fingerprint density at radius 2 is 1.89 bits per heavy atom. The molecule has 2 aromatic carbocycles. The van der Waals surface area contributed by atoms with Gasteiger partial charge < -0.3 is 9.84 Å². The topological polar surface area (TPSA) is 29.5 Å². The minimum absolute atomic E-state index is 0.503. The maximum atomic E-state index is 10.3. The van der Waals surface area contributed by atoms with E-state index in [9.17, 15) is 5.11 Å². The number of methoxy groups -OCH3 is 1. The van der Waals surface area contributed by atoms with Crippen molar-refractivity contribution in [2.24, 2.45) is 0 Å². The summed E-state index contributed by atoms with van der Waals surface area (Å²) in [6.45, 7) is 4.06. The van der Waals surface area contributed by atoms with Crippen molar-refractivity contribution in [3.05, 3.63) is 64.7 Å². The first-order valence-corrected chi connectivity index (χ1v) is 6.48. The van der Waals surface area contributed by atoms with Crippen molar-refractivity contribution in [3.63, 3.8) is 0 Å². The number of aryl methyl sites for hydroxylation is 2. The largest absolute Gasteiger partial charge is 0.496 e. The highest BCUT2D eigenvalue weighted by Gasteiger charge is 2.10. The van der Waals surface area contributed by atoms with E-state index in [2.05, 4.69) is 19.1 Å². The van der Waals surface area contributed by atoms with Crippen LogP contribution >= 0.6 is 0 Å². The van der Waals surface area contributed by atoms with Crippen LogP contribution in [0, 0.1) is 13.8 Å². The molecule has 0 aliphatic rings. The summed E-state index contributed by atoms with van der Waals surface area (Å²) in [5.74, 6) is 0.820. The quantitative estimate of drug-likeness (QED) is 0.906. The van der Waals surface area contributed by atoms with Crippen LogP contribution in [0.3, 0.4) is 0 Å². The van der Waals surface area contributed by atoms with E-state index in [1.165, 1.54) is 5.56 Å². The molecular formula is C17H20O2. The molecule has 0 aromatic heterocycles. The van der Waals surface area contributed by atoms with E-state index < -0.39 is 6.10 Å². The van der Waals surface area contributed by atoms with Crippen LogP contribution in [-0.4, -0.2) is 12.2 Å². The third-order valence-corrected chi connectivity index (χ3v) is 3.33. The van der Waals surface area contributed by atoms with E-state index in [0.29, 0.717) is 6.42 Å². The summed E-state index contributed by atoms with van der Waals surface area (Å²) in [4.78, 5) is 0. The molecule has 2 rings (SSSR count). The van der Waals surface area contributed by atoms with Crippen molar-refractivity contribution >= 4 is 0 Å². The zero-order valence-corrected chi connectivity index (χ0v) is 11.7. The minimum atomic E-state index is -0.503. The van der Waals surface area contributed by atoms with E-state index in [0.717, 1.165) is 22.4 Å². The fourth-order valence-electron chi connectivity index (χ4n) is 2.22. The molecule has 0 saturated carbocycles. The number of benzene rings is 2. The van der Waals surface area contributed by atoms with Crippen molar-refractivity contribution in [3.8, 4) is 5.75 Å². The van der Waals surface area contributed by atoms with Gasteiger partial charge in [0.2, 0.25) is 0 Å². The van der Waals surface area contributed by atoms with Gasteiger partial charge in [0, 0.05) is 6.42 Å². The normalized spacial score (nSPS) is 12.2. The minimum Gasteiger partial charge on any atom is -0.496 e. The predicted molar refractivity (Wildman–Crippen MR) is 77.6 cm³/mol. The Morgan fingerprint density at radius 3 is 2.58 bits per heavy atom. The molecule has 1 N–H and O–H groups in total. The van der Waals surface area contributed by atoms with Gasteiger partial charge in [-0.2, -0.15) is 0 Å². The van der Waals surface area contributed by atoms with Gasteiger partial charge in [-0.25, -0.2) is 0 Å². The lowest BCUT2D eigenvalue weighted by Gasteiger charge is -2.14. The number of rotatable bonds is 4. The van der Waals surface area contributed by atoms with E-state index in [1.807, 2.05) is 37.3 Å². The van der Waals surface area contributed by atoms with Gasteiger partial charge in [0.1, 0.15) is 5.75 Å². The molecule has 0 amide bonds. The van der Waals surface area contributed by atoms with Gasteiger partial charge >= 0.3 is 0 Å². The summed E-state index contributed by atoms with van der Waals surface area (Å²) < 4.78 is 5.29. The number of aliphatic hydroxyl groups is 1. The number of hydrogen-bond donors (Lipinski definition) is 1. The van der Waals surface area contributed by atoms with Crippen LogP contribution in [0.2, 0.25) is 0 Å². The van der Waals surface area contributed by atoms with E-state index in [1.54, 1.807) is 7.11 Å². The van der Waals surface area contributed by atoms with Crippen molar-refractivity contribution in [2.75, 3.05) is 7.11 Å². The third kappa shape index (κ3) is 3.36. The SMILES string of the molecule is COc1cc(C(O)Cc2cccc(C)c2)ccc1C. The molecule has 0 aliphatic heterocycles. The molecule has 19 heavy (non-hydrogen) atoms. The molecule has 0 saturated heterocycles. The molecule has 2 nitrogen and oxygen atoms in total. The lowest BCUT2D eigenvalue weighted by molar-refractivity contribution is 0.178. The molecule has 1 atom stereocenters. The fraction of sp³-hybridized carbons (Fsp3) is 0.294. The Balaban J connectivity index is 2.18. The Labute approximate surface area is 114 Å². The summed E-state index contributed by atoms with van der Waals surface area (Å²) >= 11 is 0. The van der Waals surface area contributed by atoms with E-state index >= 15 is 0 Å². The molecule has 100 valence electrons. The number of ether oxygens (including phenoxy) is 1. The maximum absolute atomic E-state index is 10.3. The van der Waals surface area contributed by atoms with Crippen molar-refractivity contribution in [1.29, 1.82) is 0 Å². The number of hydrogen-bond acceptors (Lipinski definition) is 2. The van der Waals surface area contributed by atoms with Crippen LogP contribution in [0.1, 0.15) is 28.4 Å². The highest BCUT2D eigenvalue weighted by atomic mass is 16.5. The highest BCUT2D eigenvalue weighted by molar-refractivity contribution is 5.38. The maximum Gasteiger partial charge on any atom is 0.122 e. The predicted octanol–water partition coefficient (Wildman–Crippen LogP) is 3.59. The monoisotopic (exact) mass is 256 g/mol. The van der Waals surface area contributed by atoms with Gasteiger partial charge in [-0.05, 0) is 36.6 Å². The second-order valence-electron chi connectivity index (χ2n) is 4.94. The summed E-state index contributed by atoms with van der Waals surface area (Å²) in [5, 5.41) is 10.3. The van der Waals surface area contributed by atoms with Crippen LogP contribution in [0.5, 0.6) is 5.75 Å². The second kappa shape index (κ2) is 5.89. The standard InChI is InChI=1S/C17H20O2/c1-12-5-4-6-14(9-12)10-16(18)15-8-7-13(2)17(11-15)19-3/h4-9,11,16,18H,10H2,1-3H3. The summed E-state index contributed by atoms with van der Waals surface area (Å²) in [7, 11) is 1.65. The van der Waals surface area contributed by atoms with Gasteiger partial charge in [-0.3, -0.25) is 0 Å². The molecular weight excluding hydrogens is 236 g/mol. The molecule has 0 heterocycles. The lowest BCUT2D eigenvalue weighted by Crippen LogP contribution is -2.03. The van der Waals surface area contributed by atoms with E-state index in [-0.39, 0.29) is 0 Å². The molecule has 0 spiro atoms. The van der Waals surface area contributed by atoms with Gasteiger partial charge in [-0.15, -0.1) is 0 Å². The first kappa shape index (κ1) is 13.6. The van der Waals surface area contributed by atoms with E-state index in [4.69, 9.17) is 4.74 Å². The lowest BCUT2D eigenvalue weighted by atomic mass is 9.99. The smallest absolute Gasteiger partial charge is 0.122 e. The fourth-order valence-corrected chi connectivity index (χ4v) is 2.22. The average molecular weight is 256 g/mol. The second-order valence-corrected chi connectivity index (χ2v) is 4.94. The zero-order valence-electron chi connectivity index (χ0n) is 11.7. The van der Waals surface area contributed by atoms with Crippen molar-refractivity contribution in [2.45, 2.75) is 26.4 Å². The molecule has 0 fully saturated rings. The summed E-state index contributed by atoms with van der Waals surface area (Å²) in [5.41, 5.74) is 4.33. The summed E-state index contributed by atoms with van der Waals surface area (Å²) in [6.07, 6.45) is 0.116. The Kier molecular flexibility index (Phi) is 4.23. The van der Waals surface area contributed by atoms with Crippen molar-refractivity contribution < 1.29 is 9.84 Å². The molecule has 2 aromatic rings. The van der Waals surface area contributed by atoms with Crippen LogP contribution in [-0.2, 0) is 6.42 Å². The molecule has 0 bridgehead atoms. The van der Waals surface area contributed by atoms with Gasteiger partial charge in [-0.1, -0.05) is 42.0 Å².